The van der Waals surface area contributed by atoms with Crippen LogP contribution in [0.4, 0.5) is 0 Å². The van der Waals surface area contributed by atoms with E-state index < -0.39 is 5.60 Å². The summed E-state index contributed by atoms with van der Waals surface area (Å²) < 4.78 is 0. The lowest BCUT2D eigenvalue weighted by Crippen LogP contribution is -2.53. The van der Waals surface area contributed by atoms with Gasteiger partial charge in [0.1, 0.15) is 17.6 Å². The number of nitrogens with zero attached hydrogens (tertiary/aromatic N) is 3. The van der Waals surface area contributed by atoms with Crippen LogP contribution >= 0.6 is 11.6 Å². The Morgan fingerprint density at radius 1 is 1.09 bits per heavy atom. The Balaban J connectivity index is 1.20. The van der Waals surface area contributed by atoms with Gasteiger partial charge in [-0.2, -0.15) is 15.0 Å². The van der Waals surface area contributed by atoms with Gasteiger partial charge in [-0.1, -0.05) is 31.9 Å². The van der Waals surface area contributed by atoms with Crippen LogP contribution in [0.2, 0.25) is 5.02 Å². The van der Waals surface area contributed by atoms with Gasteiger partial charge in [0.05, 0.1) is 5.60 Å². The Kier molecular flexibility index (Phi) is 5.84. The molecule has 0 bridgehead atoms. The monoisotopic (exact) mass is 497 g/mol. The minimum Gasteiger partial charge on any atom is -0.390 e. The lowest BCUT2D eigenvalue weighted by Gasteiger charge is -2.59. The van der Waals surface area contributed by atoms with Crippen LogP contribution < -0.4 is 0 Å². The molecule has 4 aliphatic rings. The number of ketones is 1. The summed E-state index contributed by atoms with van der Waals surface area (Å²) in [6.07, 6.45) is 10.3. The Morgan fingerprint density at radius 2 is 1.89 bits per heavy atom. The van der Waals surface area contributed by atoms with Crippen LogP contribution in [0.3, 0.4) is 0 Å². The van der Waals surface area contributed by atoms with Gasteiger partial charge in [0, 0.05) is 10.9 Å². The highest BCUT2D eigenvalue weighted by atomic mass is 35.5. The van der Waals surface area contributed by atoms with Crippen molar-refractivity contribution in [3.8, 4) is 0 Å². The van der Waals surface area contributed by atoms with Crippen LogP contribution in [0.25, 0.3) is 11.0 Å². The molecule has 190 valence electrons. The minimum atomic E-state index is -0.487. The van der Waals surface area contributed by atoms with Gasteiger partial charge in [-0.05, 0) is 117 Å². The number of halogens is 1. The van der Waals surface area contributed by atoms with Crippen LogP contribution in [-0.2, 0) is 11.3 Å². The zero-order valence-electron chi connectivity index (χ0n) is 21.4. The molecule has 1 aromatic heterocycles. The third-order valence-corrected chi connectivity index (χ3v) is 11.2. The summed E-state index contributed by atoms with van der Waals surface area (Å²) in [6.45, 7) is 7.07. The van der Waals surface area contributed by atoms with E-state index in [4.69, 9.17) is 11.6 Å². The van der Waals surface area contributed by atoms with Gasteiger partial charge in [-0.15, -0.1) is 0 Å². The highest BCUT2D eigenvalue weighted by Gasteiger charge is 2.59. The van der Waals surface area contributed by atoms with Gasteiger partial charge < -0.3 is 5.11 Å². The highest BCUT2D eigenvalue weighted by molar-refractivity contribution is 6.31. The van der Waals surface area contributed by atoms with Crippen LogP contribution in [0.1, 0.15) is 78.6 Å². The molecule has 0 saturated heterocycles. The van der Waals surface area contributed by atoms with Gasteiger partial charge >= 0.3 is 0 Å². The minimum absolute atomic E-state index is 0.100. The molecule has 0 radical (unpaired) electrons. The predicted molar refractivity (Wildman–Crippen MR) is 138 cm³/mol. The molecule has 1 aromatic carbocycles. The normalized spacial score (nSPS) is 42.9. The molecular formula is C29H40ClN3O2. The van der Waals surface area contributed by atoms with Gasteiger partial charge in [0.15, 0.2) is 5.78 Å². The number of rotatable bonds is 4. The van der Waals surface area contributed by atoms with Gasteiger partial charge in [-0.3, -0.25) is 4.79 Å². The smallest absolute Gasteiger partial charge is 0.159 e. The fraction of sp³-hybridized carbons (Fsp3) is 0.759. The molecule has 0 amide bonds. The average Bonchev–Trinajstić information content (AvgIpc) is 3.36. The Hall–Kier alpha value is -1.46. The maximum atomic E-state index is 13.6. The molecule has 1 heterocycles. The standard InChI is InChI=1S/C29H40ClN3O2/c1-4-17-14-28(2,35)15-18-5-7-20-21(27(17)18)11-12-29(3)22(20)8-9-23(29)26(34)16-33-31-24-10-6-19(30)13-25(24)32-33/h6,10,13,17-18,20-23,27,35H,4-5,7-9,11-12,14-16H2,1-3H3/t17-,18-,20-,21+,22+,23-,27?,28-,29+/m1/s1. The van der Waals surface area contributed by atoms with Crippen LogP contribution in [0.5, 0.6) is 0 Å². The van der Waals surface area contributed by atoms with Crippen molar-refractivity contribution in [2.24, 2.45) is 46.8 Å². The number of carbonyl (C=O) groups is 1. The van der Waals surface area contributed by atoms with E-state index >= 15 is 0 Å². The summed E-state index contributed by atoms with van der Waals surface area (Å²) >= 11 is 6.11. The van der Waals surface area contributed by atoms with Gasteiger partial charge in [0.25, 0.3) is 0 Å². The Bertz CT molecular complexity index is 1120. The van der Waals surface area contributed by atoms with Crippen molar-refractivity contribution < 1.29 is 9.90 Å². The summed E-state index contributed by atoms with van der Waals surface area (Å²) in [5.74, 6) is 4.69. The molecular weight excluding hydrogens is 458 g/mol. The fourth-order valence-corrected chi connectivity index (χ4v) is 9.84. The lowest BCUT2D eigenvalue weighted by atomic mass is 9.47. The molecule has 2 aromatic rings. The molecule has 6 rings (SSSR count). The molecule has 6 heteroatoms. The number of hydrogen-bond acceptors (Lipinski definition) is 4. The second kappa shape index (κ2) is 8.55. The molecule has 4 aliphatic carbocycles. The molecule has 1 N–H and O–H groups in total. The summed E-state index contributed by atoms with van der Waals surface area (Å²) in [6, 6.07) is 5.49. The number of aromatic nitrogens is 3. The molecule has 4 saturated carbocycles. The lowest BCUT2D eigenvalue weighted by molar-refractivity contribution is -0.138. The predicted octanol–water partition coefficient (Wildman–Crippen LogP) is 6.31. The SMILES string of the molecule is CC[C@@H]1C[C@@](C)(O)C[C@H]2CC[C@@H]3[C@H](CC[C@]4(C)[C@@H](C(=O)Cn5nc6ccc(Cl)cc6n5)CC[C@@H]34)C12. The number of fused-ring (bicyclic) bond motifs is 6. The number of carbonyl (C=O) groups excluding carboxylic acids is 1. The molecule has 35 heavy (non-hydrogen) atoms. The van der Waals surface area contributed by atoms with Crippen LogP contribution in [0.15, 0.2) is 18.2 Å². The molecule has 0 spiro atoms. The van der Waals surface area contributed by atoms with E-state index in [0.717, 1.165) is 54.5 Å². The number of aliphatic hydroxyl groups is 1. The van der Waals surface area contributed by atoms with E-state index in [-0.39, 0.29) is 17.9 Å². The zero-order valence-corrected chi connectivity index (χ0v) is 22.2. The fourth-order valence-electron chi connectivity index (χ4n) is 9.68. The van der Waals surface area contributed by atoms with Crippen molar-refractivity contribution in [3.05, 3.63) is 23.2 Å². The second-order valence-corrected chi connectivity index (χ2v) is 13.4. The van der Waals surface area contributed by atoms with E-state index in [9.17, 15) is 9.90 Å². The maximum Gasteiger partial charge on any atom is 0.159 e. The zero-order chi connectivity index (χ0) is 24.5. The summed E-state index contributed by atoms with van der Waals surface area (Å²) in [7, 11) is 0. The first-order valence-corrected chi connectivity index (χ1v) is 14.3. The Labute approximate surface area is 214 Å². The summed E-state index contributed by atoms with van der Waals surface area (Å²) in [5.41, 5.74) is 1.14. The van der Waals surface area contributed by atoms with Crippen molar-refractivity contribution >= 4 is 28.4 Å². The van der Waals surface area contributed by atoms with Crippen molar-refractivity contribution in [2.75, 3.05) is 0 Å². The van der Waals surface area contributed by atoms with E-state index in [1.165, 1.54) is 32.1 Å². The third kappa shape index (κ3) is 3.96. The maximum absolute atomic E-state index is 13.6. The quantitative estimate of drug-likeness (QED) is 0.537. The first kappa shape index (κ1) is 23.9. The summed E-state index contributed by atoms with van der Waals surface area (Å²) in [4.78, 5) is 15.2. The molecule has 9 atom stereocenters. The van der Waals surface area contributed by atoms with E-state index in [1.807, 2.05) is 18.2 Å². The van der Waals surface area contributed by atoms with Crippen molar-refractivity contribution in [1.82, 2.24) is 15.0 Å². The average molecular weight is 498 g/mol. The molecule has 1 unspecified atom stereocenters. The van der Waals surface area contributed by atoms with Gasteiger partial charge in [-0.25, -0.2) is 0 Å². The topological polar surface area (TPSA) is 68.0 Å². The number of Topliss-reactive ketones (excluding diaryl/α,β-unsaturated/α-hetero) is 1. The second-order valence-electron chi connectivity index (χ2n) is 12.9. The van der Waals surface area contributed by atoms with Crippen LogP contribution in [0, 0.1) is 46.8 Å². The first-order valence-electron chi connectivity index (χ1n) is 13.9. The number of hydrogen-bond donors (Lipinski definition) is 1. The first-order chi connectivity index (χ1) is 16.7. The van der Waals surface area contributed by atoms with Crippen molar-refractivity contribution in [1.29, 1.82) is 0 Å². The van der Waals surface area contributed by atoms with Crippen molar-refractivity contribution in [2.45, 2.75) is 90.7 Å². The third-order valence-electron chi connectivity index (χ3n) is 10.9. The summed E-state index contributed by atoms with van der Waals surface area (Å²) in [5, 5.41) is 20.6. The highest BCUT2D eigenvalue weighted by Crippen LogP contribution is 2.65. The molecule has 4 fully saturated rings. The van der Waals surface area contributed by atoms with Gasteiger partial charge in [0.2, 0.25) is 0 Å². The van der Waals surface area contributed by atoms with E-state index in [1.54, 1.807) is 4.80 Å². The van der Waals surface area contributed by atoms with E-state index in [2.05, 4.69) is 31.0 Å². The number of benzene rings is 1. The van der Waals surface area contributed by atoms with E-state index in [0.29, 0.717) is 28.6 Å². The molecule has 5 nitrogen and oxygen atoms in total. The van der Waals surface area contributed by atoms with Crippen LogP contribution in [-0.4, -0.2) is 31.5 Å². The molecule has 0 aliphatic heterocycles. The largest absolute Gasteiger partial charge is 0.390 e. The Morgan fingerprint density at radius 3 is 2.69 bits per heavy atom. The van der Waals surface area contributed by atoms with Crippen molar-refractivity contribution in [3.63, 3.8) is 0 Å².